The number of hydrogen-bond donors (Lipinski definition) is 1. The van der Waals surface area contributed by atoms with Gasteiger partial charge in [0.25, 0.3) is 0 Å². The maximum absolute atomic E-state index is 12.1. The van der Waals surface area contributed by atoms with Gasteiger partial charge >= 0.3 is 0 Å². The summed E-state index contributed by atoms with van der Waals surface area (Å²) in [5.41, 5.74) is 2.34. The molecular weight excluding hydrogens is 264 g/mol. The number of carbonyl (C=O) groups is 1. The van der Waals surface area contributed by atoms with Gasteiger partial charge in [0.05, 0.1) is 5.56 Å². The van der Waals surface area contributed by atoms with Gasteiger partial charge in [0, 0.05) is 31.7 Å². The molecule has 0 radical (unpaired) electrons. The van der Waals surface area contributed by atoms with Crippen molar-refractivity contribution < 1.29 is 4.79 Å². The first-order valence-electron chi connectivity index (χ1n) is 7.52. The number of likely N-dealkylation sites (tertiary alicyclic amines) is 1. The third-order valence-corrected chi connectivity index (χ3v) is 3.80. The number of nitrogens with one attached hydrogen (secondary N) is 1. The molecule has 1 aliphatic rings. The Kier molecular flexibility index (Phi) is 5.15. The van der Waals surface area contributed by atoms with Crippen molar-refractivity contribution in [3.63, 3.8) is 0 Å². The van der Waals surface area contributed by atoms with Crippen molar-refractivity contribution in [2.24, 2.45) is 0 Å². The molecule has 112 valence electrons. The molecule has 5 heteroatoms. The molecule has 0 atom stereocenters. The molecule has 0 aromatic carbocycles. The molecule has 0 unspecified atom stereocenters. The number of anilines is 1. The molecule has 0 spiro atoms. The maximum Gasteiger partial charge on any atom is 0.224 e. The summed E-state index contributed by atoms with van der Waals surface area (Å²) in [6, 6.07) is 4.06. The normalized spacial score (nSPS) is 14.6. The highest BCUT2D eigenvalue weighted by Crippen LogP contribution is 2.17. The minimum absolute atomic E-state index is 0.185. The fraction of sp³-hybridized carbons (Fsp3) is 0.562. The highest BCUT2D eigenvalue weighted by atomic mass is 16.2. The largest absolute Gasteiger partial charge is 0.368 e. The third-order valence-electron chi connectivity index (χ3n) is 3.80. The Hall–Kier alpha value is -2.09. The van der Waals surface area contributed by atoms with Crippen molar-refractivity contribution in [2.75, 3.05) is 25.0 Å². The lowest BCUT2D eigenvalue weighted by Crippen LogP contribution is -2.36. The Bertz CT molecular complexity index is 556. The number of pyridine rings is 1. The first kappa shape index (κ1) is 15.3. The number of rotatable bonds is 4. The summed E-state index contributed by atoms with van der Waals surface area (Å²) in [7, 11) is 0. The van der Waals surface area contributed by atoms with Crippen molar-refractivity contribution in [3.05, 3.63) is 22.9 Å². The number of carbonyl (C=O) groups excluding carboxylic acids is 1. The van der Waals surface area contributed by atoms with E-state index in [9.17, 15) is 10.1 Å². The Morgan fingerprint density at radius 3 is 2.76 bits per heavy atom. The van der Waals surface area contributed by atoms with Gasteiger partial charge in [0.1, 0.15) is 11.9 Å². The van der Waals surface area contributed by atoms with E-state index in [1.54, 1.807) is 0 Å². The number of aromatic nitrogens is 1. The molecule has 2 rings (SSSR count). The Balaban J connectivity index is 1.91. The smallest absolute Gasteiger partial charge is 0.224 e. The SMILES string of the molecule is Cc1cc(C)c(C#N)c(NCCC(=O)N2CCCCC2)n1. The number of nitrogens with zero attached hydrogens (tertiary/aromatic N) is 3. The lowest BCUT2D eigenvalue weighted by molar-refractivity contribution is -0.131. The van der Waals surface area contributed by atoms with Crippen LogP contribution in [0, 0.1) is 25.2 Å². The van der Waals surface area contributed by atoms with Crippen LogP contribution in [-0.2, 0) is 4.79 Å². The van der Waals surface area contributed by atoms with E-state index in [1.807, 2.05) is 24.8 Å². The van der Waals surface area contributed by atoms with Crippen molar-refractivity contribution in [1.29, 1.82) is 5.26 Å². The fourth-order valence-electron chi connectivity index (χ4n) is 2.70. The third kappa shape index (κ3) is 3.94. The topological polar surface area (TPSA) is 69.0 Å². The predicted octanol–water partition coefficient (Wildman–Crippen LogP) is 2.38. The van der Waals surface area contributed by atoms with E-state index in [0.29, 0.717) is 24.3 Å². The molecule has 1 N–H and O–H groups in total. The highest BCUT2D eigenvalue weighted by molar-refractivity contribution is 5.76. The van der Waals surface area contributed by atoms with E-state index in [4.69, 9.17) is 0 Å². The molecule has 1 aromatic heterocycles. The molecule has 2 heterocycles. The van der Waals surface area contributed by atoms with Gasteiger partial charge in [-0.05, 0) is 44.7 Å². The molecule has 1 saturated heterocycles. The van der Waals surface area contributed by atoms with Crippen LogP contribution in [0.15, 0.2) is 6.07 Å². The molecule has 0 aliphatic carbocycles. The molecular formula is C16H22N4O. The summed E-state index contributed by atoms with van der Waals surface area (Å²) in [4.78, 5) is 18.4. The second-order valence-corrected chi connectivity index (χ2v) is 5.53. The number of nitriles is 1. The summed E-state index contributed by atoms with van der Waals surface area (Å²) in [5.74, 6) is 0.770. The van der Waals surface area contributed by atoms with Crippen LogP contribution in [0.4, 0.5) is 5.82 Å². The van der Waals surface area contributed by atoms with Crippen LogP contribution in [0.3, 0.4) is 0 Å². The average molecular weight is 286 g/mol. The fourth-order valence-corrected chi connectivity index (χ4v) is 2.70. The van der Waals surface area contributed by atoms with E-state index in [2.05, 4.69) is 16.4 Å². The molecule has 1 fully saturated rings. The molecule has 1 amide bonds. The standard InChI is InChI=1S/C16H22N4O/c1-12-10-13(2)19-16(14(12)11-17)18-7-6-15(21)20-8-4-3-5-9-20/h10H,3-9H2,1-2H3,(H,18,19). The van der Waals surface area contributed by atoms with Gasteiger partial charge in [-0.1, -0.05) is 0 Å². The monoisotopic (exact) mass is 286 g/mol. The van der Waals surface area contributed by atoms with Gasteiger partial charge in [-0.3, -0.25) is 4.79 Å². The van der Waals surface area contributed by atoms with E-state index < -0.39 is 0 Å². The number of hydrogen-bond acceptors (Lipinski definition) is 4. The van der Waals surface area contributed by atoms with Gasteiger partial charge in [0.15, 0.2) is 0 Å². The van der Waals surface area contributed by atoms with Gasteiger partial charge in [-0.2, -0.15) is 5.26 Å². The van der Waals surface area contributed by atoms with Crippen LogP contribution in [0.25, 0.3) is 0 Å². The van der Waals surface area contributed by atoms with Crippen molar-refractivity contribution >= 4 is 11.7 Å². The Morgan fingerprint density at radius 2 is 2.10 bits per heavy atom. The zero-order valence-electron chi connectivity index (χ0n) is 12.8. The van der Waals surface area contributed by atoms with Crippen molar-refractivity contribution in [1.82, 2.24) is 9.88 Å². The van der Waals surface area contributed by atoms with E-state index in [-0.39, 0.29) is 5.91 Å². The highest BCUT2D eigenvalue weighted by Gasteiger charge is 2.16. The minimum Gasteiger partial charge on any atom is -0.368 e. The van der Waals surface area contributed by atoms with Crippen LogP contribution < -0.4 is 5.32 Å². The second-order valence-electron chi connectivity index (χ2n) is 5.53. The Labute approximate surface area is 126 Å². The van der Waals surface area contributed by atoms with Gasteiger partial charge in [-0.25, -0.2) is 4.98 Å². The van der Waals surface area contributed by atoms with Gasteiger partial charge in [-0.15, -0.1) is 0 Å². The molecule has 1 aliphatic heterocycles. The number of aryl methyl sites for hydroxylation is 2. The molecule has 1 aromatic rings. The van der Waals surface area contributed by atoms with E-state index >= 15 is 0 Å². The molecule has 21 heavy (non-hydrogen) atoms. The van der Waals surface area contributed by atoms with Crippen molar-refractivity contribution in [2.45, 2.75) is 39.5 Å². The Morgan fingerprint density at radius 1 is 1.38 bits per heavy atom. The van der Waals surface area contributed by atoms with Crippen LogP contribution in [0.1, 0.15) is 42.5 Å². The summed E-state index contributed by atoms with van der Waals surface area (Å²) in [6.45, 7) is 6.07. The number of amides is 1. The van der Waals surface area contributed by atoms with Gasteiger partial charge in [0.2, 0.25) is 5.91 Å². The zero-order chi connectivity index (χ0) is 15.2. The molecule has 5 nitrogen and oxygen atoms in total. The predicted molar refractivity (Wildman–Crippen MR) is 82.0 cm³/mol. The maximum atomic E-state index is 12.1. The average Bonchev–Trinajstić information content (AvgIpc) is 2.47. The molecule has 0 saturated carbocycles. The minimum atomic E-state index is 0.185. The second kappa shape index (κ2) is 7.07. The summed E-state index contributed by atoms with van der Waals surface area (Å²) < 4.78 is 0. The first-order chi connectivity index (χ1) is 10.1. The van der Waals surface area contributed by atoms with E-state index in [1.165, 1.54) is 6.42 Å². The van der Waals surface area contributed by atoms with Crippen LogP contribution in [-0.4, -0.2) is 35.4 Å². The zero-order valence-corrected chi connectivity index (χ0v) is 12.8. The van der Waals surface area contributed by atoms with Crippen LogP contribution in [0.5, 0.6) is 0 Å². The van der Waals surface area contributed by atoms with Crippen LogP contribution >= 0.6 is 0 Å². The summed E-state index contributed by atoms with van der Waals surface area (Å²) >= 11 is 0. The summed E-state index contributed by atoms with van der Waals surface area (Å²) in [5, 5.41) is 12.3. The first-order valence-corrected chi connectivity index (χ1v) is 7.52. The van der Waals surface area contributed by atoms with Gasteiger partial charge < -0.3 is 10.2 Å². The number of piperidine rings is 1. The quantitative estimate of drug-likeness (QED) is 0.922. The lowest BCUT2D eigenvalue weighted by atomic mass is 10.1. The van der Waals surface area contributed by atoms with Crippen molar-refractivity contribution in [3.8, 4) is 6.07 Å². The molecule has 0 bridgehead atoms. The lowest BCUT2D eigenvalue weighted by Gasteiger charge is -2.26. The summed E-state index contributed by atoms with van der Waals surface area (Å²) in [6.07, 6.45) is 3.88. The van der Waals surface area contributed by atoms with E-state index in [0.717, 1.165) is 37.2 Å². The van der Waals surface area contributed by atoms with Crippen LogP contribution in [0.2, 0.25) is 0 Å².